The van der Waals surface area contributed by atoms with Crippen LogP contribution in [0.5, 0.6) is 0 Å². The molecule has 8 nitrogen and oxygen atoms in total. The Morgan fingerprint density at radius 3 is 2.91 bits per heavy atom. The third kappa shape index (κ3) is 2.79. The zero-order valence-corrected chi connectivity index (χ0v) is 13.5. The largest absolute Gasteiger partial charge is 0.361 e. The highest BCUT2D eigenvalue weighted by Crippen LogP contribution is 2.22. The van der Waals surface area contributed by atoms with Crippen LogP contribution in [0.1, 0.15) is 40.2 Å². The average molecular weight is 314 g/mol. The molecule has 1 unspecified atom stereocenters. The van der Waals surface area contributed by atoms with Crippen molar-refractivity contribution in [2.45, 2.75) is 26.7 Å². The van der Waals surface area contributed by atoms with Crippen molar-refractivity contribution in [3.05, 3.63) is 34.8 Å². The van der Waals surface area contributed by atoms with Gasteiger partial charge in [0, 0.05) is 31.3 Å². The second-order valence-corrected chi connectivity index (χ2v) is 5.63. The van der Waals surface area contributed by atoms with Gasteiger partial charge in [0.15, 0.2) is 5.65 Å². The molecule has 8 heteroatoms. The van der Waals surface area contributed by atoms with Crippen LogP contribution in [-0.2, 0) is 7.05 Å². The molecule has 0 aliphatic carbocycles. The number of nitrogens with zero attached hydrogens (tertiary/aromatic N) is 5. The molecule has 3 aromatic heterocycles. The third-order valence-electron chi connectivity index (χ3n) is 3.85. The molecule has 1 N–H and O–H groups in total. The van der Waals surface area contributed by atoms with E-state index in [1.54, 1.807) is 17.8 Å². The van der Waals surface area contributed by atoms with Gasteiger partial charge in [-0.3, -0.25) is 4.79 Å². The van der Waals surface area contributed by atoms with Gasteiger partial charge in [-0.15, -0.1) is 5.10 Å². The molecule has 0 bridgehead atoms. The monoisotopic (exact) mass is 314 g/mol. The minimum atomic E-state index is -0.191. The van der Waals surface area contributed by atoms with E-state index in [1.807, 2.05) is 20.8 Å². The van der Waals surface area contributed by atoms with E-state index < -0.39 is 0 Å². The van der Waals surface area contributed by atoms with E-state index in [9.17, 15) is 4.79 Å². The van der Waals surface area contributed by atoms with Crippen molar-refractivity contribution in [3.8, 4) is 0 Å². The highest BCUT2D eigenvalue weighted by molar-refractivity contribution is 5.96. The average Bonchev–Trinajstić information content (AvgIpc) is 3.07. The number of hydrogen-bond acceptors (Lipinski definition) is 6. The van der Waals surface area contributed by atoms with Gasteiger partial charge < -0.3 is 9.84 Å². The van der Waals surface area contributed by atoms with Gasteiger partial charge >= 0.3 is 0 Å². The molecule has 1 atom stereocenters. The van der Waals surface area contributed by atoms with Gasteiger partial charge in [0.1, 0.15) is 11.3 Å². The number of pyridine rings is 1. The van der Waals surface area contributed by atoms with Gasteiger partial charge in [0.05, 0.1) is 11.3 Å². The van der Waals surface area contributed by atoms with Gasteiger partial charge in [-0.2, -0.15) is 0 Å². The normalized spacial score (nSPS) is 12.5. The second kappa shape index (κ2) is 5.79. The lowest BCUT2D eigenvalue weighted by Gasteiger charge is -2.12. The van der Waals surface area contributed by atoms with Crippen molar-refractivity contribution >= 4 is 17.1 Å². The summed E-state index contributed by atoms with van der Waals surface area (Å²) < 4.78 is 6.73. The topological polar surface area (TPSA) is 98.7 Å². The van der Waals surface area contributed by atoms with Crippen LogP contribution in [0, 0.1) is 13.8 Å². The fourth-order valence-electron chi connectivity index (χ4n) is 2.69. The highest BCUT2D eigenvalue weighted by atomic mass is 16.5. The number of nitrogens with one attached hydrogen (secondary N) is 1. The minimum Gasteiger partial charge on any atom is -0.361 e. The Morgan fingerprint density at radius 2 is 2.22 bits per heavy atom. The van der Waals surface area contributed by atoms with E-state index in [-0.39, 0.29) is 11.8 Å². The number of carbonyl (C=O) groups is 1. The summed E-state index contributed by atoms with van der Waals surface area (Å²) in [5.74, 6) is 0.703. The summed E-state index contributed by atoms with van der Waals surface area (Å²) >= 11 is 0. The summed E-state index contributed by atoms with van der Waals surface area (Å²) in [6.07, 6.45) is 1.53. The van der Waals surface area contributed by atoms with Crippen LogP contribution in [0.2, 0.25) is 0 Å². The van der Waals surface area contributed by atoms with Crippen molar-refractivity contribution in [1.29, 1.82) is 0 Å². The molecule has 1 amide bonds. The highest BCUT2D eigenvalue weighted by Gasteiger charge is 2.18. The number of aromatic nitrogens is 5. The van der Waals surface area contributed by atoms with Gasteiger partial charge in [0.2, 0.25) is 0 Å². The van der Waals surface area contributed by atoms with E-state index in [0.29, 0.717) is 23.3 Å². The fraction of sp³-hybridized carbons (Fsp3) is 0.400. The van der Waals surface area contributed by atoms with Crippen LogP contribution < -0.4 is 5.32 Å². The second-order valence-electron chi connectivity index (χ2n) is 5.63. The number of hydrogen-bond donors (Lipinski definition) is 1. The fourth-order valence-corrected chi connectivity index (χ4v) is 2.69. The number of carbonyl (C=O) groups excluding carboxylic acids is 1. The summed E-state index contributed by atoms with van der Waals surface area (Å²) in [6, 6.07) is 1.69. The van der Waals surface area contributed by atoms with E-state index >= 15 is 0 Å². The number of fused-ring (bicyclic) bond motifs is 1. The Hall–Kier alpha value is -2.77. The first-order valence-corrected chi connectivity index (χ1v) is 7.33. The number of aryl methyl sites for hydroxylation is 3. The van der Waals surface area contributed by atoms with E-state index in [1.165, 1.54) is 6.20 Å². The molecule has 0 spiro atoms. The van der Waals surface area contributed by atoms with Crippen LogP contribution in [0.4, 0.5) is 0 Å². The molecule has 0 aliphatic heterocycles. The zero-order valence-electron chi connectivity index (χ0n) is 13.5. The Bertz CT molecular complexity index is 847. The maximum Gasteiger partial charge on any atom is 0.252 e. The Morgan fingerprint density at radius 1 is 1.43 bits per heavy atom. The predicted octanol–water partition coefficient (Wildman–Crippen LogP) is 1.50. The van der Waals surface area contributed by atoms with Gasteiger partial charge in [-0.05, 0) is 19.9 Å². The first kappa shape index (κ1) is 15.1. The van der Waals surface area contributed by atoms with Crippen LogP contribution in [0.3, 0.4) is 0 Å². The molecule has 3 heterocycles. The van der Waals surface area contributed by atoms with Crippen molar-refractivity contribution in [2.24, 2.45) is 7.05 Å². The summed E-state index contributed by atoms with van der Waals surface area (Å²) in [5.41, 5.74) is 3.59. The van der Waals surface area contributed by atoms with E-state index in [2.05, 4.69) is 25.8 Å². The third-order valence-corrected chi connectivity index (χ3v) is 3.85. The summed E-state index contributed by atoms with van der Waals surface area (Å²) in [4.78, 5) is 16.5. The van der Waals surface area contributed by atoms with Crippen molar-refractivity contribution in [1.82, 2.24) is 30.5 Å². The molecule has 0 radical (unpaired) electrons. The smallest absolute Gasteiger partial charge is 0.252 e. The molecule has 0 aromatic carbocycles. The Kier molecular flexibility index (Phi) is 3.81. The summed E-state index contributed by atoms with van der Waals surface area (Å²) in [7, 11) is 1.76. The van der Waals surface area contributed by atoms with E-state index in [4.69, 9.17) is 4.52 Å². The predicted molar refractivity (Wildman–Crippen MR) is 83.0 cm³/mol. The first-order valence-electron chi connectivity index (χ1n) is 7.33. The molecule has 3 rings (SSSR count). The molecule has 0 saturated carbocycles. The first-order chi connectivity index (χ1) is 11.0. The maximum atomic E-state index is 12.3. The van der Waals surface area contributed by atoms with Crippen molar-refractivity contribution in [2.75, 3.05) is 6.54 Å². The Balaban J connectivity index is 1.71. The lowest BCUT2D eigenvalue weighted by molar-refractivity contribution is 0.0951. The molecule has 0 aliphatic rings. The minimum absolute atomic E-state index is 0.110. The molecule has 0 fully saturated rings. The molecule has 23 heavy (non-hydrogen) atoms. The Labute approximate surface area is 132 Å². The number of rotatable bonds is 4. The number of amides is 1. The SMILES string of the molecule is Cc1noc(C)c1C(C)CNC(=O)c1cnc2c(c1)nnn2C. The molecule has 120 valence electrons. The van der Waals surface area contributed by atoms with Crippen LogP contribution >= 0.6 is 0 Å². The lowest BCUT2D eigenvalue weighted by Crippen LogP contribution is -2.28. The zero-order chi connectivity index (χ0) is 16.6. The van der Waals surface area contributed by atoms with Crippen molar-refractivity contribution in [3.63, 3.8) is 0 Å². The van der Waals surface area contributed by atoms with Gasteiger partial charge in [0.25, 0.3) is 5.91 Å². The molecule has 0 saturated heterocycles. The van der Waals surface area contributed by atoms with E-state index in [0.717, 1.165) is 17.0 Å². The summed E-state index contributed by atoms with van der Waals surface area (Å²) in [6.45, 7) is 6.28. The van der Waals surface area contributed by atoms with Crippen LogP contribution in [0.25, 0.3) is 11.2 Å². The van der Waals surface area contributed by atoms with Crippen LogP contribution in [-0.4, -0.2) is 37.6 Å². The molecular weight excluding hydrogens is 296 g/mol. The lowest BCUT2D eigenvalue weighted by atomic mass is 9.99. The van der Waals surface area contributed by atoms with Gasteiger partial charge in [-0.25, -0.2) is 9.67 Å². The summed E-state index contributed by atoms with van der Waals surface area (Å²) in [5, 5.41) is 14.7. The van der Waals surface area contributed by atoms with Crippen LogP contribution in [0.15, 0.2) is 16.8 Å². The van der Waals surface area contributed by atoms with Gasteiger partial charge in [-0.1, -0.05) is 17.3 Å². The molecule has 3 aromatic rings. The quantitative estimate of drug-likeness (QED) is 0.783. The molecular formula is C15H18N6O2. The van der Waals surface area contributed by atoms with Crippen molar-refractivity contribution < 1.29 is 9.32 Å². The maximum absolute atomic E-state index is 12.3. The standard InChI is InChI=1S/C15H18N6O2/c1-8(13-9(2)19-23-10(13)3)6-17-15(22)11-5-12-14(16-7-11)21(4)20-18-12/h5,7-8H,6H2,1-4H3,(H,17,22).